The molecule has 0 unspecified atom stereocenters. The highest BCUT2D eigenvalue weighted by Gasteiger charge is 2.20. The summed E-state index contributed by atoms with van der Waals surface area (Å²) in [5.41, 5.74) is 10.9. The Labute approximate surface area is 200 Å². The summed E-state index contributed by atoms with van der Waals surface area (Å²) in [5, 5.41) is 6.91. The lowest BCUT2D eigenvalue weighted by Crippen LogP contribution is -2.33. The van der Waals surface area contributed by atoms with E-state index in [0.29, 0.717) is 12.1 Å². The van der Waals surface area contributed by atoms with Crippen molar-refractivity contribution in [3.63, 3.8) is 0 Å². The molecule has 2 aromatic carbocycles. The second-order valence-corrected chi connectivity index (χ2v) is 10.3. The number of benzene rings is 2. The maximum absolute atomic E-state index is 12.8. The zero-order valence-electron chi connectivity index (χ0n) is 21.1. The lowest BCUT2D eigenvalue weighted by atomic mass is 9.85. The van der Waals surface area contributed by atoms with Crippen molar-refractivity contribution in [2.24, 2.45) is 0 Å². The fourth-order valence-corrected chi connectivity index (χ4v) is 5.68. The largest absolute Gasteiger partial charge is 0.382 e. The Morgan fingerprint density at radius 3 is 1.85 bits per heavy atom. The summed E-state index contributed by atoms with van der Waals surface area (Å²) in [6.07, 6.45) is 12.0. The molecule has 1 amide bonds. The van der Waals surface area contributed by atoms with Gasteiger partial charge in [0.25, 0.3) is 0 Å². The van der Waals surface area contributed by atoms with Gasteiger partial charge < -0.3 is 10.6 Å². The standard InChI is InChI=1S/C30H40N2O/c1-19(30(33)32-26-12-8-9-13-26)18-28-20(2)22(4)29(23(5)21(28)3)24-14-16-27(17-15-24)31-25-10-6-7-11-25/h14-18,25-26,31H,6-13H2,1-5H3,(H,32,33). The number of carbonyl (C=O) groups is 1. The molecule has 2 N–H and O–H groups in total. The summed E-state index contributed by atoms with van der Waals surface area (Å²) in [6, 6.07) is 9.93. The minimum Gasteiger partial charge on any atom is -0.382 e. The Hall–Kier alpha value is -2.55. The molecule has 0 bridgehead atoms. The minimum absolute atomic E-state index is 0.0745. The van der Waals surface area contributed by atoms with Crippen molar-refractivity contribution in [2.75, 3.05) is 5.32 Å². The summed E-state index contributed by atoms with van der Waals surface area (Å²) < 4.78 is 0. The third kappa shape index (κ3) is 5.18. The molecule has 2 aromatic rings. The van der Waals surface area contributed by atoms with Crippen LogP contribution < -0.4 is 10.6 Å². The Morgan fingerprint density at radius 2 is 1.30 bits per heavy atom. The van der Waals surface area contributed by atoms with Gasteiger partial charge in [0.2, 0.25) is 5.91 Å². The van der Waals surface area contributed by atoms with E-state index in [1.165, 1.54) is 83.2 Å². The van der Waals surface area contributed by atoms with Crippen molar-refractivity contribution in [3.05, 3.63) is 57.7 Å². The average Bonchev–Trinajstić information content (AvgIpc) is 3.51. The van der Waals surface area contributed by atoms with Crippen molar-refractivity contribution in [2.45, 2.75) is 98.1 Å². The van der Waals surface area contributed by atoms with E-state index >= 15 is 0 Å². The smallest absolute Gasteiger partial charge is 0.247 e. The van der Waals surface area contributed by atoms with Crippen molar-refractivity contribution in [1.82, 2.24) is 5.32 Å². The predicted molar refractivity (Wildman–Crippen MR) is 141 cm³/mol. The number of anilines is 1. The molecule has 2 fully saturated rings. The van der Waals surface area contributed by atoms with Crippen LogP contribution in [-0.2, 0) is 4.79 Å². The molecule has 0 radical (unpaired) electrons. The SMILES string of the molecule is CC(=Cc1c(C)c(C)c(-c2ccc(NC3CCCC3)cc2)c(C)c1C)C(=O)NC1CCCC1. The second kappa shape index (κ2) is 10.2. The van der Waals surface area contributed by atoms with Gasteiger partial charge >= 0.3 is 0 Å². The fraction of sp³-hybridized carbons (Fsp3) is 0.500. The van der Waals surface area contributed by atoms with Crippen LogP contribution in [0.25, 0.3) is 17.2 Å². The molecular weight excluding hydrogens is 404 g/mol. The molecule has 0 atom stereocenters. The second-order valence-electron chi connectivity index (χ2n) is 10.3. The van der Waals surface area contributed by atoms with E-state index in [0.717, 1.165) is 18.4 Å². The first-order valence-corrected chi connectivity index (χ1v) is 12.8. The molecular formula is C30H40N2O. The van der Waals surface area contributed by atoms with Crippen LogP contribution in [0, 0.1) is 27.7 Å². The van der Waals surface area contributed by atoms with Crippen molar-refractivity contribution >= 4 is 17.7 Å². The Morgan fingerprint density at radius 1 is 0.788 bits per heavy atom. The van der Waals surface area contributed by atoms with E-state index in [2.05, 4.69) is 68.7 Å². The van der Waals surface area contributed by atoms with Crippen LogP contribution in [0.4, 0.5) is 5.69 Å². The maximum atomic E-state index is 12.8. The number of nitrogens with one attached hydrogen (secondary N) is 2. The molecule has 3 heteroatoms. The van der Waals surface area contributed by atoms with Crippen LogP contribution in [0.15, 0.2) is 29.8 Å². The highest BCUT2D eigenvalue weighted by molar-refractivity contribution is 5.98. The number of amides is 1. The number of hydrogen-bond donors (Lipinski definition) is 2. The molecule has 0 saturated heterocycles. The minimum atomic E-state index is 0.0745. The Bertz CT molecular complexity index is 1010. The monoisotopic (exact) mass is 444 g/mol. The quantitative estimate of drug-likeness (QED) is 0.456. The molecule has 2 aliphatic carbocycles. The van der Waals surface area contributed by atoms with E-state index in [-0.39, 0.29) is 5.91 Å². The van der Waals surface area contributed by atoms with E-state index in [1.807, 2.05) is 6.92 Å². The first-order valence-electron chi connectivity index (χ1n) is 12.8. The lowest BCUT2D eigenvalue weighted by Gasteiger charge is -2.21. The van der Waals surface area contributed by atoms with Crippen LogP contribution in [0.1, 0.15) is 86.1 Å². The summed E-state index contributed by atoms with van der Waals surface area (Å²) in [6.45, 7) is 10.8. The first kappa shape index (κ1) is 23.6. The Kier molecular flexibility index (Phi) is 7.26. The van der Waals surface area contributed by atoms with E-state index < -0.39 is 0 Å². The molecule has 3 nitrogen and oxygen atoms in total. The van der Waals surface area contributed by atoms with Crippen molar-refractivity contribution in [1.29, 1.82) is 0 Å². The van der Waals surface area contributed by atoms with Gasteiger partial charge in [-0.1, -0.05) is 37.8 Å². The Balaban J connectivity index is 1.59. The van der Waals surface area contributed by atoms with Crippen LogP contribution in [-0.4, -0.2) is 18.0 Å². The van der Waals surface area contributed by atoms with Gasteiger partial charge in [-0.05, 0) is 117 Å². The highest BCUT2D eigenvalue weighted by Crippen LogP contribution is 2.36. The van der Waals surface area contributed by atoms with Crippen LogP contribution in [0.5, 0.6) is 0 Å². The topological polar surface area (TPSA) is 41.1 Å². The molecule has 0 aliphatic heterocycles. The van der Waals surface area contributed by atoms with Crippen LogP contribution in [0.3, 0.4) is 0 Å². The van der Waals surface area contributed by atoms with E-state index in [4.69, 9.17) is 0 Å². The summed E-state index contributed by atoms with van der Waals surface area (Å²) in [5.74, 6) is 0.0745. The van der Waals surface area contributed by atoms with Crippen molar-refractivity contribution in [3.8, 4) is 11.1 Å². The predicted octanol–water partition coefficient (Wildman–Crippen LogP) is 7.40. The third-order valence-electron chi connectivity index (χ3n) is 7.99. The van der Waals surface area contributed by atoms with Gasteiger partial charge in [0.1, 0.15) is 0 Å². The van der Waals surface area contributed by atoms with Gasteiger partial charge in [-0.25, -0.2) is 0 Å². The summed E-state index contributed by atoms with van der Waals surface area (Å²) >= 11 is 0. The number of hydrogen-bond acceptors (Lipinski definition) is 2. The van der Waals surface area contributed by atoms with Crippen molar-refractivity contribution < 1.29 is 4.79 Å². The van der Waals surface area contributed by atoms with Crippen LogP contribution >= 0.6 is 0 Å². The molecule has 2 saturated carbocycles. The highest BCUT2D eigenvalue weighted by atomic mass is 16.1. The molecule has 0 spiro atoms. The van der Waals surface area contributed by atoms with Gasteiger partial charge in [-0.2, -0.15) is 0 Å². The molecule has 0 aromatic heterocycles. The number of rotatable bonds is 6. The zero-order valence-corrected chi connectivity index (χ0v) is 21.1. The normalized spacial score (nSPS) is 17.5. The summed E-state index contributed by atoms with van der Waals surface area (Å²) in [4.78, 5) is 12.8. The zero-order chi connectivity index (χ0) is 23.5. The van der Waals surface area contributed by atoms with Gasteiger partial charge in [-0.15, -0.1) is 0 Å². The lowest BCUT2D eigenvalue weighted by molar-refractivity contribution is -0.118. The first-order chi connectivity index (χ1) is 15.8. The third-order valence-corrected chi connectivity index (χ3v) is 7.99. The van der Waals surface area contributed by atoms with E-state index in [9.17, 15) is 4.79 Å². The van der Waals surface area contributed by atoms with Gasteiger partial charge in [0.05, 0.1) is 0 Å². The van der Waals surface area contributed by atoms with Gasteiger partial charge in [-0.3, -0.25) is 4.79 Å². The van der Waals surface area contributed by atoms with E-state index in [1.54, 1.807) is 0 Å². The average molecular weight is 445 g/mol. The molecule has 0 heterocycles. The van der Waals surface area contributed by atoms with Crippen LogP contribution in [0.2, 0.25) is 0 Å². The molecule has 2 aliphatic rings. The van der Waals surface area contributed by atoms with Gasteiger partial charge in [0, 0.05) is 23.3 Å². The molecule has 4 rings (SSSR count). The number of carbonyl (C=O) groups excluding carboxylic acids is 1. The maximum Gasteiger partial charge on any atom is 0.247 e. The molecule has 33 heavy (non-hydrogen) atoms. The fourth-order valence-electron chi connectivity index (χ4n) is 5.68. The summed E-state index contributed by atoms with van der Waals surface area (Å²) in [7, 11) is 0. The van der Waals surface area contributed by atoms with Gasteiger partial charge in [0.15, 0.2) is 0 Å². The molecule has 176 valence electrons.